The number of carbonyl (C=O) groups excluding carboxylic acids is 1. The molecule has 0 radical (unpaired) electrons. The van der Waals surface area contributed by atoms with E-state index < -0.39 is 0 Å². The van der Waals surface area contributed by atoms with Gasteiger partial charge in [-0.25, -0.2) is 4.79 Å². The molecule has 0 aliphatic carbocycles. The molecule has 1 aromatic heterocycles. The first-order valence-electron chi connectivity index (χ1n) is 14.6. The van der Waals surface area contributed by atoms with E-state index in [4.69, 9.17) is 16.3 Å². The molecular formula is C32H45BrClN3O2S. The Hall–Kier alpha value is -2.09. The second kappa shape index (κ2) is 19.9. The Morgan fingerprint density at radius 1 is 0.850 bits per heavy atom. The first-order valence-corrected chi connectivity index (χ1v) is 15.9. The van der Waals surface area contributed by atoms with Gasteiger partial charge in [-0.2, -0.15) is 4.57 Å². The third-order valence-electron chi connectivity index (χ3n) is 6.89. The third kappa shape index (κ3) is 13.0. The van der Waals surface area contributed by atoms with Gasteiger partial charge in [0, 0.05) is 23.9 Å². The molecule has 2 aromatic carbocycles. The van der Waals surface area contributed by atoms with Crippen LogP contribution < -0.4 is 36.9 Å². The summed E-state index contributed by atoms with van der Waals surface area (Å²) in [6, 6.07) is 12.9. The van der Waals surface area contributed by atoms with Gasteiger partial charge in [0.2, 0.25) is 5.51 Å². The summed E-state index contributed by atoms with van der Waals surface area (Å²) in [4.78, 5) is 12.5. The van der Waals surface area contributed by atoms with E-state index in [1.54, 1.807) is 17.4 Å². The van der Waals surface area contributed by atoms with Crippen LogP contribution in [-0.2, 0) is 6.54 Å². The molecule has 1 heterocycles. The topological polar surface area (TPSA) is 54.2 Å². The lowest BCUT2D eigenvalue weighted by atomic mass is 10.1. The van der Waals surface area contributed by atoms with E-state index in [2.05, 4.69) is 39.9 Å². The zero-order chi connectivity index (χ0) is 27.7. The SMILES string of the molecule is CCCCCCCCCCCCCCOc1ccc(NC(=O)Nc2ccc(C[n+]3cscc3C)cc2)cc1Cl.[Br-]. The Morgan fingerprint density at radius 2 is 1.43 bits per heavy atom. The molecule has 0 fully saturated rings. The van der Waals surface area contributed by atoms with Crippen molar-refractivity contribution < 1.29 is 31.1 Å². The monoisotopic (exact) mass is 649 g/mol. The van der Waals surface area contributed by atoms with Crippen LogP contribution >= 0.6 is 22.9 Å². The molecule has 5 nitrogen and oxygen atoms in total. The summed E-state index contributed by atoms with van der Waals surface area (Å²) in [7, 11) is 0. The van der Waals surface area contributed by atoms with Crippen molar-refractivity contribution in [1.82, 2.24) is 0 Å². The van der Waals surface area contributed by atoms with Crippen LogP contribution in [0.5, 0.6) is 5.75 Å². The number of hydrogen-bond acceptors (Lipinski definition) is 3. The second-order valence-corrected chi connectivity index (χ2v) is 11.4. The number of aromatic nitrogens is 1. The van der Waals surface area contributed by atoms with Crippen molar-refractivity contribution >= 4 is 40.3 Å². The van der Waals surface area contributed by atoms with Crippen LogP contribution in [0.1, 0.15) is 95.2 Å². The maximum Gasteiger partial charge on any atom is 0.323 e. The Balaban J connectivity index is 0.00000560. The summed E-state index contributed by atoms with van der Waals surface area (Å²) in [6.07, 6.45) is 15.8. The third-order valence-corrected chi connectivity index (χ3v) is 8.04. The van der Waals surface area contributed by atoms with Crippen molar-refractivity contribution in [3.05, 3.63) is 69.6 Å². The van der Waals surface area contributed by atoms with E-state index in [1.807, 2.05) is 36.4 Å². The summed E-state index contributed by atoms with van der Waals surface area (Å²) < 4.78 is 8.08. The molecule has 8 heteroatoms. The largest absolute Gasteiger partial charge is 1.00 e. The zero-order valence-corrected chi connectivity index (χ0v) is 27.2. The molecule has 0 atom stereocenters. The van der Waals surface area contributed by atoms with Gasteiger partial charge in [0.05, 0.1) is 17.0 Å². The van der Waals surface area contributed by atoms with E-state index in [-0.39, 0.29) is 23.0 Å². The van der Waals surface area contributed by atoms with Gasteiger partial charge < -0.3 is 32.4 Å². The molecule has 2 amide bonds. The fraction of sp³-hybridized carbons (Fsp3) is 0.500. The average molecular weight is 651 g/mol. The Bertz CT molecular complexity index is 1120. The number of rotatable bonds is 18. The van der Waals surface area contributed by atoms with Crippen molar-refractivity contribution in [3.8, 4) is 5.75 Å². The summed E-state index contributed by atoms with van der Waals surface area (Å²) in [5, 5.41) is 8.34. The number of nitrogens with one attached hydrogen (secondary N) is 2. The first-order chi connectivity index (χ1) is 19.0. The van der Waals surface area contributed by atoms with Crippen LogP contribution in [0, 0.1) is 6.92 Å². The number of anilines is 2. The van der Waals surface area contributed by atoms with E-state index >= 15 is 0 Å². The van der Waals surface area contributed by atoms with Crippen LogP contribution in [0.15, 0.2) is 53.4 Å². The Kier molecular flexibility index (Phi) is 17.0. The fourth-order valence-corrected chi connectivity index (χ4v) is 5.54. The highest BCUT2D eigenvalue weighted by Gasteiger charge is 2.10. The first kappa shape index (κ1) is 34.1. The van der Waals surface area contributed by atoms with Crippen LogP contribution in [0.2, 0.25) is 5.02 Å². The van der Waals surface area contributed by atoms with Crippen molar-refractivity contribution in [1.29, 1.82) is 0 Å². The lowest BCUT2D eigenvalue weighted by molar-refractivity contribution is -0.689. The number of benzene rings is 2. The molecule has 0 bridgehead atoms. The fourth-order valence-electron chi connectivity index (χ4n) is 4.52. The van der Waals surface area contributed by atoms with Gasteiger partial charge in [0.15, 0.2) is 12.2 Å². The minimum absolute atomic E-state index is 0. The van der Waals surface area contributed by atoms with Gasteiger partial charge in [-0.1, -0.05) is 113 Å². The molecule has 3 aromatic rings. The minimum Gasteiger partial charge on any atom is -1.00 e. The predicted molar refractivity (Wildman–Crippen MR) is 165 cm³/mol. The van der Waals surface area contributed by atoms with Crippen LogP contribution in [0.4, 0.5) is 16.2 Å². The highest BCUT2D eigenvalue weighted by molar-refractivity contribution is 7.07. The Morgan fingerprint density at radius 3 is 2.00 bits per heavy atom. The minimum atomic E-state index is -0.313. The molecule has 0 saturated carbocycles. The molecule has 40 heavy (non-hydrogen) atoms. The number of ether oxygens (including phenoxy) is 1. The number of nitrogens with zero attached hydrogens (tertiary/aromatic N) is 1. The summed E-state index contributed by atoms with van der Waals surface area (Å²) in [6.45, 7) is 5.84. The molecule has 220 valence electrons. The highest BCUT2D eigenvalue weighted by atomic mass is 79.9. The standard InChI is InChI=1S/C32H44ClN3O2S.BrH/c1-3-4-5-6-7-8-9-10-11-12-13-14-21-38-31-20-19-29(22-30(31)33)35-32(37)34-28-17-15-27(16-18-28)23-36-25-39-24-26(36)2;/h15-20,22,24-25H,3-14,21,23H2,1-2H3,(H-,34,35,37);1H. The number of carbonyl (C=O) groups is 1. The number of hydrogen-bond donors (Lipinski definition) is 2. The maximum absolute atomic E-state index is 12.5. The van der Waals surface area contributed by atoms with Crippen LogP contribution in [-0.4, -0.2) is 12.6 Å². The second-order valence-electron chi connectivity index (χ2n) is 10.3. The molecule has 0 aliphatic heterocycles. The number of aryl methyl sites for hydroxylation is 1. The molecule has 3 rings (SSSR count). The molecule has 2 N–H and O–H groups in total. The summed E-state index contributed by atoms with van der Waals surface area (Å²) >= 11 is 8.10. The molecule has 0 spiro atoms. The van der Waals surface area contributed by atoms with E-state index in [1.165, 1.54) is 81.9 Å². The number of thiazole rings is 1. The summed E-state index contributed by atoms with van der Waals surface area (Å²) in [5.74, 6) is 0.653. The number of unbranched alkanes of at least 4 members (excludes halogenated alkanes) is 11. The van der Waals surface area contributed by atoms with E-state index in [0.29, 0.717) is 23.1 Å². The Labute approximate surface area is 260 Å². The summed E-state index contributed by atoms with van der Waals surface area (Å²) in [5.41, 5.74) is 5.88. The normalized spacial score (nSPS) is 10.7. The molecule has 0 aliphatic rings. The highest BCUT2D eigenvalue weighted by Crippen LogP contribution is 2.28. The maximum atomic E-state index is 12.5. The van der Waals surface area contributed by atoms with Crippen molar-refractivity contribution in [2.24, 2.45) is 0 Å². The molecular weight excluding hydrogens is 606 g/mol. The van der Waals surface area contributed by atoms with Crippen LogP contribution in [0.25, 0.3) is 0 Å². The van der Waals surface area contributed by atoms with Gasteiger partial charge in [-0.3, -0.25) is 0 Å². The number of amides is 2. The van der Waals surface area contributed by atoms with E-state index in [0.717, 1.165) is 18.7 Å². The molecule has 0 unspecified atom stereocenters. The van der Waals surface area contributed by atoms with Crippen molar-refractivity contribution in [3.63, 3.8) is 0 Å². The van der Waals surface area contributed by atoms with Gasteiger partial charge in [0.1, 0.15) is 5.75 Å². The lowest BCUT2D eigenvalue weighted by Gasteiger charge is -2.11. The average Bonchev–Trinajstić information content (AvgIpc) is 3.33. The smallest absolute Gasteiger partial charge is 0.323 e. The molecule has 0 saturated heterocycles. The lowest BCUT2D eigenvalue weighted by Crippen LogP contribution is -3.00. The van der Waals surface area contributed by atoms with Gasteiger partial charge in [0.25, 0.3) is 0 Å². The number of halogens is 2. The zero-order valence-electron chi connectivity index (χ0n) is 24.0. The van der Waals surface area contributed by atoms with Crippen molar-refractivity contribution in [2.45, 2.75) is 97.4 Å². The quantitative estimate of drug-likeness (QED) is 0.118. The van der Waals surface area contributed by atoms with Crippen molar-refractivity contribution in [2.75, 3.05) is 17.2 Å². The number of urea groups is 1. The van der Waals surface area contributed by atoms with E-state index in [9.17, 15) is 4.79 Å². The predicted octanol–water partition coefficient (Wildman–Crippen LogP) is 6.77. The van der Waals surface area contributed by atoms with Gasteiger partial charge >= 0.3 is 6.03 Å². The van der Waals surface area contributed by atoms with Gasteiger partial charge in [-0.05, 0) is 36.8 Å². The van der Waals surface area contributed by atoms with Gasteiger partial charge in [-0.15, -0.1) is 0 Å². The van der Waals surface area contributed by atoms with Crippen LogP contribution in [0.3, 0.4) is 0 Å².